The van der Waals surface area contributed by atoms with Gasteiger partial charge in [0.15, 0.2) is 0 Å². The van der Waals surface area contributed by atoms with E-state index in [0.29, 0.717) is 0 Å². The molecule has 0 aromatic heterocycles. The third kappa shape index (κ3) is 6.04. The van der Waals surface area contributed by atoms with Gasteiger partial charge in [-0.05, 0) is 38.5 Å². The van der Waals surface area contributed by atoms with E-state index in [1.165, 1.54) is 12.2 Å². The van der Waals surface area contributed by atoms with E-state index < -0.39 is 0 Å². The minimum atomic E-state index is -0.358. The van der Waals surface area contributed by atoms with Crippen LogP contribution in [0, 0.1) is 0 Å². The van der Waals surface area contributed by atoms with E-state index in [1.807, 2.05) is 13.8 Å². The van der Waals surface area contributed by atoms with E-state index in [9.17, 15) is 9.59 Å². The molecule has 1 aliphatic rings. The number of hydrogen-bond acceptors (Lipinski definition) is 4. The molecule has 1 saturated carbocycles. The molecular weight excluding hydrogens is 256 g/mol. The fourth-order valence-electron chi connectivity index (χ4n) is 2.14. The summed E-state index contributed by atoms with van der Waals surface area (Å²) in [6.45, 7) is 3.91. The normalized spacial score (nSPS) is 23.1. The Labute approximate surface area is 120 Å². The molecule has 20 heavy (non-hydrogen) atoms. The van der Waals surface area contributed by atoms with E-state index >= 15 is 0 Å². The second kappa shape index (κ2) is 9.34. The van der Waals surface area contributed by atoms with Gasteiger partial charge in [0.1, 0.15) is 12.2 Å². The minimum absolute atomic E-state index is 0.322. The maximum absolute atomic E-state index is 11.6. The Morgan fingerprint density at radius 1 is 0.900 bits per heavy atom. The zero-order valence-corrected chi connectivity index (χ0v) is 12.3. The second-order valence-electron chi connectivity index (χ2n) is 4.86. The number of esters is 2. The second-order valence-corrected chi connectivity index (χ2v) is 4.86. The van der Waals surface area contributed by atoms with Crippen molar-refractivity contribution < 1.29 is 19.1 Å². The summed E-state index contributed by atoms with van der Waals surface area (Å²) in [5, 5.41) is 0. The Hall–Kier alpha value is -1.58. The number of carbonyl (C=O) groups is 2. The fraction of sp³-hybridized carbons (Fsp3) is 0.625. The molecule has 0 spiro atoms. The minimum Gasteiger partial charge on any atom is -0.455 e. The molecule has 0 aromatic carbocycles. The molecule has 0 amide bonds. The van der Waals surface area contributed by atoms with E-state index in [0.717, 1.165) is 38.5 Å². The first kappa shape index (κ1) is 16.5. The number of ether oxygens (including phenoxy) is 2. The summed E-state index contributed by atoms with van der Waals surface area (Å²) in [5.74, 6) is -0.715. The van der Waals surface area contributed by atoms with Crippen molar-refractivity contribution in [2.45, 2.75) is 64.6 Å². The summed E-state index contributed by atoms with van der Waals surface area (Å²) in [5.41, 5.74) is 0. The van der Waals surface area contributed by atoms with Crippen LogP contribution in [0.15, 0.2) is 24.3 Å². The molecule has 0 unspecified atom stereocenters. The highest BCUT2D eigenvalue weighted by Gasteiger charge is 2.30. The fourth-order valence-corrected chi connectivity index (χ4v) is 2.14. The average molecular weight is 280 g/mol. The molecule has 1 aliphatic carbocycles. The van der Waals surface area contributed by atoms with Gasteiger partial charge in [-0.3, -0.25) is 0 Å². The summed E-state index contributed by atoms with van der Waals surface area (Å²) in [4.78, 5) is 23.2. The summed E-state index contributed by atoms with van der Waals surface area (Å²) in [6, 6.07) is 0. The lowest BCUT2D eigenvalue weighted by Gasteiger charge is -2.30. The van der Waals surface area contributed by atoms with Crippen LogP contribution in [0.2, 0.25) is 0 Å². The van der Waals surface area contributed by atoms with Gasteiger partial charge in [-0.1, -0.05) is 26.0 Å². The van der Waals surface area contributed by atoms with Crippen LogP contribution in [0.4, 0.5) is 0 Å². The molecule has 0 heterocycles. The zero-order valence-electron chi connectivity index (χ0n) is 12.3. The Morgan fingerprint density at radius 2 is 1.30 bits per heavy atom. The number of carbonyl (C=O) groups excluding carboxylic acids is 2. The molecule has 0 saturated heterocycles. The Bertz CT molecular complexity index is 335. The molecule has 1 rings (SSSR count). The van der Waals surface area contributed by atoms with Crippen molar-refractivity contribution in [1.29, 1.82) is 0 Å². The predicted octanol–water partition coefficient (Wildman–Crippen LogP) is 3.32. The van der Waals surface area contributed by atoms with Gasteiger partial charge in [-0.2, -0.15) is 0 Å². The first-order valence-electron chi connectivity index (χ1n) is 7.41. The topological polar surface area (TPSA) is 52.6 Å². The van der Waals surface area contributed by atoms with Gasteiger partial charge in [0, 0.05) is 12.2 Å². The number of hydrogen-bond donors (Lipinski definition) is 0. The SMILES string of the molecule is CC/C=C/C(=O)O[C@@H]1CCCC[C@H]1OC(=O)/C=C/CC. The Kier molecular flexibility index (Phi) is 7.70. The molecule has 112 valence electrons. The van der Waals surface area contributed by atoms with E-state index in [2.05, 4.69) is 0 Å². The standard InChI is InChI=1S/C16H24O4/c1-3-5-11-15(17)19-13-9-7-8-10-14(13)20-16(18)12-6-4-2/h5-6,11-14H,3-4,7-10H2,1-2H3/b11-5+,12-6+/t13-,14-/m1/s1. The van der Waals surface area contributed by atoms with Gasteiger partial charge in [0.2, 0.25) is 0 Å². The van der Waals surface area contributed by atoms with E-state index in [-0.39, 0.29) is 24.1 Å². The van der Waals surface area contributed by atoms with Crippen LogP contribution in [0.3, 0.4) is 0 Å². The van der Waals surface area contributed by atoms with E-state index in [1.54, 1.807) is 12.2 Å². The van der Waals surface area contributed by atoms with E-state index in [4.69, 9.17) is 9.47 Å². The van der Waals surface area contributed by atoms with Crippen molar-refractivity contribution in [2.24, 2.45) is 0 Å². The van der Waals surface area contributed by atoms with Crippen LogP contribution in [0.1, 0.15) is 52.4 Å². The molecule has 0 radical (unpaired) electrons. The van der Waals surface area contributed by atoms with Crippen LogP contribution in [0.25, 0.3) is 0 Å². The molecule has 0 N–H and O–H groups in total. The monoisotopic (exact) mass is 280 g/mol. The van der Waals surface area contributed by atoms with Crippen LogP contribution >= 0.6 is 0 Å². The average Bonchev–Trinajstić information content (AvgIpc) is 2.45. The molecule has 2 atom stereocenters. The molecule has 0 aliphatic heterocycles. The smallest absolute Gasteiger partial charge is 0.330 e. The summed E-state index contributed by atoms with van der Waals surface area (Å²) in [6.07, 6.45) is 10.8. The van der Waals surface area contributed by atoms with Crippen molar-refractivity contribution in [3.8, 4) is 0 Å². The summed E-state index contributed by atoms with van der Waals surface area (Å²) in [7, 11) is 0. The third-order valence-electron chi connectivity index (χ3n) is 3.16. The summed E-state index contributed by atoms with van der Waals surface area (Å²) < 4.78 is 10.8. The van der Waals surface area contributed by atoms with Gasteiger partial charge in [0.25, 0.3) is 0 Å². The number of rotatable bonds is 6. The van der Waals surface area contributed by atoms with Gasteiger partial charge in [-0.15, -0.1) is 0 Å². The van der Waals surface area contributed by atoms with Crippen LogP contribution in [-0.2, 0) is 19.1 Å². The van der Waals surface area contributed by atoms with Crippen LogP contribution in [0.5, 0.6) is 0 Å². The molecule has 4 nitrogen and oxygen atoms in total. The van der Waals surface area contributed by atoms with Crippen molar-refractivity contribution in [1.82, 2.24) is 0 Å². The van der Waals surface area contributed by atoms with Gasteiger partial charge < -0.3 is 9.47 Å². The van der Waals surface area contributed by atoms with Crippen molar-refractivity contribution in [3.63, 3.8) is 0 Å². The molecule has 0 bridgehead atoms. The van der Waals surface area contributed by atoms with Crippen LogP contribution < -0.4 is 0 Å². The number of allylic oxidation sites excluding steroid dienone is 2. The van der Waals surface area contributed by atoms with Crippen LogP contribution in [-0.4, -0.2) is 24.1 Å². The highest BCUT2D eigenvalue weighted by Crippen LogP contribution is 2.24. The molecule has 1 fully saturated rings. The van der Waals surface area contributed by atoms with Crippen molar-refractivity contribution >= 4 is 11.9 Å². The highest BCUT2D eigenvalue weighted by molar-refractivity contribution is 5.83. The largest absolute Gasteiger partial charge is 0.455 e. The Morgan fingerprint density at radius 3 is 1.65 bits per heavy atom. The van der Waals surface area contributed by atoms with Gasteiger partial charge >= 0.3 is 11.9 Å². The van der Waals surface area contributed by atoms with Gasteiger partial charge in [-0.25, -0.2) is 9.59 Å². The summed E-state index contributed by atoms with van der Waals surface area (Å²) >= 11 is 0. The highest BCUT2D eigenvalue weighted by atomic mass is 16.6. The predicted molar refractivity (Wildman–Crippen MR) is 77.1 cm³/mol. The molecule has 0 aromatic rings. The molecular formula is C16H24O4. The maximum Gasteiger partial charge on any atom is 0.330 e. The lowest BCUT2D eigenvalue weighted by Crippen LogP contribution is -2.37. The zero-order chi connectivity index (χ0) is 14.8. The van der Waals surface area contributed by atoms with Gasteiger partial charge in [0.05, 0.1) is 0 Å². The maximum atomic E-state index is 11.6. The quantitative estimate of drug-likeness (QED) is 0.553. The van der Waals surface area contributed by atoms with Crippen molar-refractivity contribution in [2.75, 3.05) is 0 Å². The van der Waals surface area contributed by atoms with Crippen molar-refractivity contribution in [3.05, 3.63) is 24.3 Å². The first-order valence-corrected chi connectivity index (χ1v) is 7.41. The lowest BCUT2D eigenvalue weighted by atomic mass is 9.94. The third-order valence-corrected chi connectivity index (χ3v) is 3.16. The molecule has 4 heteroatoms. The lowest BCUT2D eigenvalue weighted by molar-refractivity contribution is -0.165. The Balaban J connectivity index is 2.53. The first-order chi connectivity index (χ1) is 9.67.